The number of amides is 2. The Balaban J connectivity index is 1.47. The molecule has 6 nitrogen and oxygen atoms in total. The smallest absolute Gasteiger partial charge is 0.265 e. The number of benzene rings is 1. The van der Waals surface area contributed by atoms with Crippen molar-refractivity contribution in [3.8, 4) is 10.6 Å². The molecule has 1 N–H and O–H groups in total. The zero-order chi connectivity index (χ0) is 22.2. The van der Waals surface area contributed by atoms with Gasteiger partial charge in [0.05, 0.1) is 5.69 Å². The monoisotopic (exact) mass is 442 g/mol. The summed E-state index contributed by atoms with van der Waals surface area (Å²) in [6.07, 6.45) is 2.30. The topological polar surface area (TPSA) is 65.5 Å². The maximum Gasteiger partial charge on any atom is 0.265 e. The quantitative estimate of drug-likeness (QED) is 0.641. The predicted octanol–water partition coefficient (Wildman–Crippen LogP) is 3.82. The van der Waals surface area contributed by atoms with E-state index in [9.17, 15) is 9.59 Å². The Morgan fingerprint density at radius 2 is 1.84 bits per heavy atom. The van der Waals surface area contributed by atoms with Gasteiger partial charge in [-0.2, -0.15) is 0 Å². The van der Waals surface area contributed by atoms with E-state index in [1.807, 2.05) is 42.2 Å². The summed E-state index contributed by atoms with van der Waals surface area (Å²) in [7, 11) is 0. The van der Waals surface area contributed by atoms with Crippen molar-refractivity contribution in [1.82, 2.24) is 20.1 Å². The molecular weight excluding hydrogens is 408 g/mol. The lowest BCUT2D eigenvalue weighted by Gasteiger charge is -2.31. The van der Waals surface area contributed by atoms with Gasteiger partial charge >= 0.3 is 0 Å². The maximum atomic E-state index is 13.1. The first kappa shape index (κ1) is 23.4. The minimum absolute atomic E-state index is 0.0688. The zero-order valence-corrected chi connectivity index (χ0v) is 19.7. The van der Waals surface area contributed by atoms with Crippen molar-refractivity contribution in [1.29, 1.82) is 0 Å². The first-order valence-electron chi connectivity index (χ1n) is 11.3. The number of aryl methyl sites for hydroxylation is 1. The summed E-state index contributed by atoms with van der Waals surface area (Å²) >= 11 is 1.47. The molecule has 0 atom stereocenters. The molecule has 0 radical (unpaired) electrons. The highest BCUT2D eigenvalue weighted by Crippen LogP contribution is 2.30. The highest BCUT2D eigenvalue weighted by Gasteiger charge is 2.27. The van der Waals surface area contributed by atoms with Crippen LogP contribution in [-0.2, 0) is 4.79 Å². The zero-order valence-electron chi connectivity index (χ0n) is 18.9. The van der Waals surface area contributed by atoms with Crippen LogP contribution < -0.4 is 5.32 Å². The van der Waals surface area contributed by atoms with Crippen LogP contribution in [0.2, 0.25) is 0 Å². The number of rotatable bonds is 9. The third kappa shape index (κ3) is 6.37. The molecule has 2 heterocycles. The van der Waals surface area contributed by atoms with Crippen LogP contribution in [0.25, 0.3) is 10.6 Å². The molecule has 3 rings (SSSR count). The van der Waals surface area contributed by atoms with Crippen LogP contribution in [-0.4, -0.2) is 65.9 Å². The average molecular weight is 443 g/mol. The second-order valence-electron chi connectivity index (χ2n) is 8.12. The van der Waals surface area contributed by atoms with Crippen molar-refractivity contribution in [3.63, 3.8) is 0 Å². The average Bonchev–Trinajstić information content (AvgIpc) is 3.19. The number of aromatic nitrogens is 1. The highest BCUT2D eigenvalue weighted by molar-refractivity contribution is 7.17. The van der Waals surface area contributed by atoms with Crippen molar-refractivity contribution < 1.29 is 9.59 Å². The van der Waals surface area contributed by atoms with Gasteiger partial charge in [0.2, 0.25) is 5.91 Å². The molecule has 0 unspecified atom stereocenters. The molecule has 1 aliphatic rings. The van der Waals surface area contributed by atoms with E-state index in [1.54, 1.807) is 0 Å². The lowest BCUT2D eigenvalue weighted by atomic mass is 9.93. The van der Waals surface area contributed by atoms with Gasteiger partial charge in [-0.1, -0.05) is 44.2 Å². The van der Waals surface area contributed by atoms with Crippen LogP contribution in [0.4, 0.5) is 0 Å². The summed E-state index contributed by atoms with van der Waals surface area (Å²) in [6, 6.07) is 9.98. The van der Waals surface area contributed by atoms with E-state index < -0.39 is 0 Å². The molecule has 0 aliphatic carbocycles. The molecule has 0 spiro atoms. The van der Waals surface area contributed by atoms with Crippen LogP contribution >= 0.6 is 11.3 Å². The standard InChI is InChI=1S/C24H34N4O2S/c1-4-27(5-2)16-13-25-21(29)17-19-11-14-28(15-12-19)24(30)22-18(3)26-23(31-22)20-9-7-6-8-10-20/h6-10,19H,4-5,11-17H2,1-3H3,(H,25,29). The van der Waals surface area contributed by atoms with E-state index in [0.29, 0.717) is 32.0 Å². The first-order valence-corrected chi connectivity index (χ1v) is 12.1. The normalized spacial score (nSPS) is 14.8. The minimum Gasteiger partial charge on any atom is -0.355 e. The number of piperidine rings is 1. The molecule has 2 aromatic rings. The number of nitrogens with one attached hydrogen (secondary N) is 1. The Morgan fingerprint density at radius 1 is 1.16 bits per heavy atom. The molecule has 1 aliphatic heterocycles. The fraction of sp³-hybridized carbons (Fsp3) is 0.542. The summed E-state index contributed by atoms with van der Waals surface area (Å²) in [5.74, 6) is 0.544. The molecule has 0 saturated carbocycles. The molecule has 31 heavy (non-hydrogen) atoms. The molecule has 1 aromatic heterocycles. The van der Waals surface area contributed by atoms with Gasteiger partial charge < -0.3 is 15.1 Å². The Labute approximate surface area is 189 Å². The van der Waals surface area contributed by atoms with Gasteiger partial charge in [-0.25, -0.2) is 4.98 Å². The fourth-order valence-corrected chi connectivity index (χ4v) is 5.05. The summed E-state index contributed by atoms with van der Waals surface area (Å²) in [5, 5.41) is 3.93. The van der Waals surface area contributed by atoms with Crippen LogP contribution in [0.5, 0.6) is 0 Å². The Bertz CT molecular complexity index is 856. The van der Waals surface area contributed by atoms with Gasteiger partial charge in [0.15, 0.2) is 0 Å². The third-order valence-electron chi connectivity index (χ3n) is 6.03. The number of carbonyl (C=O) groups excluding carboxylic acids is 2. The highest BCUT2D eigenvalue weighted by atomic mass is 32.1. The van der Waals surface area contributed by atoms with Crippen LogP contribution in [0.3, 0.4) is 0 Å². The largest absolute Gasteiger partial charge is 0.355 e. The Morgan fingerprint density at radius 3 is 2.48 bits per heavy atom. The Kier molecular flexibility index (Phi) is 8.60. The molecule has 2 amide bonds. The molecular formula is C24H34N4O2S. The molecule has 1 fully saturated rings. The maximum absolute atomic E-state index is 13.1. The van der Waals surface area contributed by atoms with Crippen molar-refractivity contribution in [3.05, 3.63) is 40.9 Å². The van der Waals surface area contributed by atoms with Crippen molar-refractivity contribution in [2.24, 2.45) is 5.92 Å². The van der Waals surface area contributed by atoms with E-state index in [1.165, 1.54) is 11.3 Å². The lowest BCUT2D eigenvalue weighted by molar-refractivity contribution is -0.122. The summed E-state index contributed by atoms with van der Waals surface area (Å²) in [6.45, 7) is 11.2. The van der Waals surface area contributed by atoms with Crippen molar-refractivity contribution >= 4 is 23.2 Å². The molecule has 7 heteroatoms. The van der Waals surface area contributed by atoms with Crippen molar-refractivity contribution in [2.75, 3.05) is 39.3 Å². The van der Waals surface area contributed by atoms with E-state index in [0.717, 1.165) is 53.6 Å². The van der Waals surface area contributed by atoms with E-state index in [-0.39, 0.29) is 11.8 Å². The third-order valence-corrected chi connectivity index (χ3v) is 7.23. The molecule has 1 aromatic carbocycles. The SMILES string of the molecule is CCN(CC)CCNC(=O)CC1CCN(C(=O)c2sc(-c3ccccc3)nc2C)CC1. The number of nitrogens with zero attached hydrogens (tertiary/aromatic N) is 3. The number of hydrogen-bond acceptors (Lipinski definition) is 5. The minimum atomic E-state index is 0.0688. The van der Waals surface area contributed by atoms with Gasteiger partial charge in [-0.05, 0) is 38.8 Å². The van der Waals surface area contributed by atoms with Crippen LogP contribution in [0, 0.1) is 12.8 Å². The van der Waals surface area contributed by atoms with E-state index in [2.05, 4.69) is 29.0 Å². The first-order chi connectivity index (χ1) is 15.0. The number of likely N-dealkylation sites (N-methyl/N-ethyl adjacent to an activating group) is 1. The lowest BCUT2D eigenvalue weighted by Crippen LogP contribution is -2.40. The van der Waals surface area contributed by atoms with Gasteiger partial charge in [0.25, 0.3) is 5.91 Å². The number of thiazole rings is 1. The molecule has 1 saturated heterocycles. The Hall–Kier alpha value is -2.25. The van der Waals surface area contributed by atoms with Gasteiger partial charge in [-0.3, -0.25) is 9.59 Å². The second kappa shape index (κ2) is 11.4. The predicted molar refractivity (Wildman–Crippen MR) is 126 cm³/mol. The molecule has 168 valence electrons. The number of likely N-dealkylation sites (tertiary alicyclic amines) is 1. The van der Waals surface area contributed by atoms with Crippen LogP contribution in [0.1, 0.15) is 48.5 Å². The van der Waals surface area contributed by atoms with Gasteiger partial charge in [0, 0.05) is 38.2 Å². The van der Waals surface area contributed by atoms with Crippen LogP contribution in [0.15, 0.2) is 30.3 Å². The van der Waals surface area contributed by atoms with Crippen molar-refractivity contribution in [2.45, 2.75) is 40.0 Å². The molecule has 0 bridgehead atoms. The summed E-state index contributed by atoms with van der Waals surface area (Å²) < 4.78 is 0. The fourth-order valence-electron chi connectivity index (χ4n) is 4.01. The van der Waals surface area contributed by atoms with Gasteiger partial charge in [0.1, 0.15) is 9.88 Å². The van der Waals surface area contributed by atoms with E-state index >= 15 is 0 Å². The summed E-state index contributed by atoms with van der Waals surface area (Å²) in [4.78, 5) is 34.9. The number of hydrogen-bond donors (Lipinski definition) is 1. The number of carbonyl (C=O) groups is 2. The van der Waals surface area contributed by atoms with Gasteiger partial charge in [-0.15, -0.1) is 11.3 Å². The second-order valence-corrected chi connectivity index (χ2v) is 9.12. The van der Waals surface area contributed by atoms with E-state index in [4.69, 9.17) is 0 Å². The summed E-state index contributed by atoms with van der Waals surface area (Å²) in [5.41, 5.74) is 1.84.